The van der Waals surface area contributed by atoms with E-state index in [4.69, 9.17) is 4.74 Å². The first kappa shape index (κ1) is 12.3. The molecule has 0 aromatic heterocycles. The van der Waals surface area contributed by atoms with Crippen LogP contribution in [-0.4, -0.2) is 19.1 Å². The van der Waals surface area contributed by atoms with Crippen molar-refractivity contribution in [1.29, 1.82) is 0 Å². The molecule has 17 heavy (non-hydrogen) atoms. The lowest BCUT2D eigenvalue weighted by atomic mass is 9.99. The van der Waals surface area contributed by atoms with Gasteiger partial charge in [0, 0.05) is 0 Å². The number of rotatable bonds is 4. The van der Waals surface area contributed by atoms with Crippen molar-refractivity contribution in [3.05, 3.63) is 42.0 Å². The molecule has 0 aliphatic carbocycles. The molecule has 0 saturated carbocycles. The van der Waals surface area contributed by atoms with Crippen LogP contribution in [0, 0.1) is 0 Å². The molecule has 0 radical (unpaired) electrons. The van der Waals surface area contributed by atoms with Gasteiger partial charge in [-0.1, -0.05) is 31.2 Å². The van der Waals surface area contributed by atoms with Gasteiger partial charge in [-0.25, -0.2) is 0 Å². The summed E-state index contributed by atoms with van der Waals surface area (Å²) in [6.45, 7) is 2.28. The van der Waals surface area contributed by atoms with E-state index in [0.717, 1.165) is 5.75 Å². The molecule has 0 fully saturated rings. The van der Waals surface area contributed by atoms with Crippen molar-refractivity contribution in [2.24, 2.45) is 0 Å². The van der Waals surface area contributed by atoms with Gasteiger partial charge in [0.2, 0.25) is 0 Å². The molecule has 1 unspecified atom stereocenters. The topological polar surface area (TPSA) is 9.23 Å². The van der Waals surface area contributed by atoms with Crippen LogP contribution >= 0.6 is 11.8 Å². The van der Waals surface area contributed by atoms with Gasteiger partial charge >= 0.3 is 0 Å². The van der Waals surface area contributed by atoms with Crippen LogP contribution in [0.3, 0.4) is 0 Å². The molecule has 90 valence electrons. The molecule has 1 nitrogen and oxygen atoms in total. The van der Waals surface area contributed by atoms with Crippen LogP contribution in [0.5, 0.6) is 5.75 Å². The smallest absolute Gasteiger partial charge is 0.119 e. The van der Waals surface area contributed by atoms with Crippen molar-refractivity contribution in [1.82, 2.24) is 0 Å². The molecule has 0 aliphatic rings. The fraction of sp³-hybridized carbons (Fsp3) is 0.333. The molecule has 1 atom stereocenters. The van der Waals surface area contributed by atoms with Crippen LogP contribution < -0.4 is 4.74 Å². The van der Waals surface area contributed by atoms with Crippen LogP contribution in [0.1, 0.15) is 18.4 Å². The Morgan fingerprint density at radius 1 is 1.12 bits per heavy atom. The maximum atomic E-state index is 5.24. The number of benzene rings is 2. The minimum atomic E-state index is 0.608. The van der Waals surface area contributed by atoms with Gasteiger partial charge in [-0.2, -0.15) is 11.8 Å². The summed E-state index contributed by atoms with van der Waals surface area (Å²) < 4.78 is 5.24. The maximum absolute atomic E-state index is 5.24. The maximum Gasteiger partial charge on any atom is 0.119 e. The van der Waals surface area contributed by atoms with Crippen molar-refractivity contribution in [3.8, 4) is 5.75 Å². The molecule has 0 bridgehead atoms. The van der Waals surface area contributed by atoms with E-state index in [1.54, 1.807) is 7.11 Å². The first-order valence-corrected chi connectivity index (χ1v) is 7.20. The lowest BCUT2D eigenvalue weighted by molar-refractivity contribution is 0.415. The van der Waals surface area contributed by atoms with Crippen molar-refractivity contribution in [3.63, 3.8) is 0 Å². The zero-order valence-corrected chi connectivity index (χ0v) is 11.4. The summed E-state index contributed by atoms with van der Waals surface area (Å²) in [5.41, 5.74) is 1.41. The third-order valence-electron chi connectivity index (χ3n) is 3.06. The Balaban J connectivity index is 2.37. The van der Waals surface area contributed by atoms with E-state index in [1.807, 2.05) is 17.8 Å². The SMILES string of the molecule is COc1ccc2cc(C(C)CSC)ccc2c1. The van der Waals surface area contributed by atoms with Crippen molar-refractivity contribution >= 4 is 22.5 Å². The van der Waals surface area contributed by atoms with Gasteiger partial charge in [0.05, 0.1) is 7.11 Å². The Morgan fingerprint density at radius 2 is 1.82 bits per heavy atom. The molecule has 2 heteroatoms. The Bertz CT molecular complexity index is 507. The molecular weight excluding hydrogens is 228 g/mol. The van der Waals surface area contributed by atoms with E-state index in [0.29, 0.717) is 5.92 Å². The van der Waals surface area contributed by atoms with E-state index >= 15 is 0 Å². The van der Waals surface area contributed by atoms with E-state index in [1.165, 1.54) is 22.1 Å². The molecule has 0 heterocycles. The summed E-state index contributed by atoms with van der Waals surface area (Å²) in [7, 11) is 1.70. The summed E-state index contributed by atoms with van der Waals surface area (Å²) in [5, 5.41) is 2.53. The molecule has 2 aromatic carbocycles. The summed E-state index contributed by atoms with van der Waals surface area (Å²) in [6, 6.07) is 12.9. The van der Waals surface area contributed by atoms with Gasteiger partial charge in [-0.3, -0.25) is 0 Å². The predicted molar refractivity (Wildman–Crippen MR) is 77.3 cm³/mol. The highest BCUT2D eigenvalue weighted by Gasteiger charge is 2.05. The molecule has 2 rings (SSSR count). The van der Waals surface area contributed by atoms with Gasteiger partial charge in [0.15, 0.2) is 0 Å². The summed E-state index contributed by atoms with van der Waals surface area (Å²) in [5.74, 6) is 2.70. The van der Waals surface area contributed by atoms with E-state index in [2.05, 4.69) is 43.5 Å². The van der Waals surface area contributed by atoms with Crippen LogP contribution in [0.25, 0.3) is 10.8 Å². The van der Waals surface area contributed by atoms with Crippen LogP contribution in [0.15, 0.2) is 36.4 Å². The zero-order valence-electron chi connectivity index (χ0n) is 10.6. The average molecular weight is 246 g/mol. The minimum absolute atomic E-state index is 0.608. The largest absolute Gasteiger partial charge is 0.497 e. The fourth-order valence-corrected chi connectivity index (χ4v) is 2.71. The predicted octanol–water partition coefficient (Wildman–Crippen LogP) is 4.31. The molecule has 0 amide bonds. The van der Waals surface area contributed by atoms with Gasteiger partial charge in [-0.05, 0) is 46.4 Å². The van der Waals surface area contributed by atoms with Gasteiger partial charge in [0.25, 0.3) is 0 Å². The molecule has 0 N–H and O–H groups in total. The second kappa shape index (κ2) is 5.46. The van der Waals surface area contributed by atoms with Gasteiger partial charge in [-0.15, -0.1) is 0 Å². The highest BCUT2D eigenvalue weighted by Crippen LogP contribution is 2.26. The van der Waals surface area contributed by atoms with Crippen molar-refractivity contribution in [2.45, 2.75) is 12.8 Å². The monoisotopic (exact) mass is 246 g/mol. The van der Waals surface area contributed by atoms with E-state index < -0.39 is 0 Å². The van der Waals surface area contributed by atoms with Gasteiger partial charge < -0.3 is 4.74 Å². The van der Waals surface area contributed by atoms with Crippen LogP contribution in [0.2, 0.25) is 0 Å². The number of thioether (sulfide) groups is 1. The number of ether oxygens (including phenoxy) is 1. The zero-order chi connectivity index (χ0) is 12.3. The number of hydrogen-bond acceptors (Lipinski definition) is 2. The lowest BCUT2D eigenvalue weighted by Gasteiger charge is -2.11. The summed E-state index contributed by atoms with van der Waals surface area (Å²) in [6.07, 6.45) is 2.16. The molecule has 0 saturated heterocycles. The highest BCUT2D eigenvalue weighted by atomic mass is 32.2. The number of hydrogen-bond donors (Lipinski definition) is 0. The summed E-state index contributed by atoms with van der Waals surface area (Å²) in [4.78, 5) is 0. The quantitative estimate of drug-likeness (QED) is 0.794. The molecular formula is C15H18OS. The Kier molecular flexibility index (Phi) is 3.95. The second-order valence-electron chi connectivity index (χ2n) is 4.33. The Hall–Kier alpha value is -1.15. The van der Waals surface area contributed by atoms with E-state index in [9.17, 15) is 0 Å². The second-order valence-corrected chi connectivity index (χ2v) is 5.24. The van der Waals surface area contributed by atoms with Crippen LogP contribution in [0.4, 0.5) is 0 Å². The number of fused-ring (bicyclic) bond motifs is 1. The first-order valence-electron chi connectivity index (χ1n) is 5.81. The van der Waals surface area contributed by atoms with Crippen molar-refractivity contribution < 1.29 is 4.74 Å². The first-order chi connectivity index (χ1) is 8.24. The van der Waals surface area contributed by atoms with E-state index in [-0.39, 0.29) is 0 Å². The highest BCUT2D eigenvalue weighted by molar-refractivity contribution is 7.98. The third kappa shape index (κ3) is 2.75. The standard InChI is InChI=1S/C15H18OS/c1-11(10-17-3)12-4-5-14-9-15(16-2)7-6-13(14)8-12/h4-9,11H,10H2,1-3H3. The third-order valence-corrected chi connectivity index (χ3v) is 3.89. The molecule has 0 aliphatic heterocycles. The fourth-order valence-electron chi connectivity index (χ4n) is 2.02. The lowest BCUT2D eigenvalue weighted by Crippen LogP contribution is -1.96. The van der Waals surface area contributed by atoms with Crippen LogP contribution in [-0.2, 0) is 0 Å². The van der Waals surface area contributed by atoms with Crippen molar-refractivity contribution in [2.75, 3.05) is 19.1 Å². The molecule has 2 aromatic rings. The average Bonchev–Trinajstić information content (AvgIpc) is 2.37. The molecule has 0 spiro atoms. The number of methoxy groups -OCH3 is 1. The summed E-state index contributed by atoms with van der Waals surface area (Å²) >= 11 is 1.90. The van der Waals surface area contributed by atoms with Gasteiger partial charge in [0.1, 0.15) is 5.75 Å². The Labute approximate surface area is 107 Å². The normalized spacial score (nSPS) is 12.6. The Morgan fingerprint density at radius 3 is 2.53 bits per heavy atom. The minimum Gasteiger partial charge on any atom is -0.497 e.